The van der Waals surface area contributed by atoms with E-state index >= 15 is 0 Å². The largest absolute Gasteiger partial charge is 0.468 e. The summed E-state index contributed by atoms with van der Waals surface area (Å²) < 4.78 is 36.0. The highest BCUT2D eigenvalue weighted by molar-refractivity contribution is 7.52. The van der Waals surface area contributed by atoms with Gasteiger partial charge in [-0.25, -0.2) is 9.36 Å². The Morgan fingerprint density at radius 1 is 1.24 bits per heavy atom. The third-order valence-corrected chi connectivity index (χ3v) is 6.81. The summed E-state index contributed by atoms with van der Waals surface area (Å²) in [6.45, 7) is 2.83. The lowest BCUT2D eigenvalue weighted by Gasteiger charge is -2.28. The van der Waals surface area contributed by atoms with Gasteiger partial charge in [0, 0.05) is 6.20 Å². The number of benzene rings is 1. The highest BCUT2D eigenvalue weighted by atomic mass is 31.2. The summed E-state index contributed by atoms with van der Waals surface area (Å²) in [6.07, 6.45) is -5.46. The van der Waals surface area contributed by atoms with Crippen LogP contribution in [-0.2, 0) is 23.4 Å². The van der Waals surface area contributed by atoms with E-state index in [1.54, 1.807) is 18.2 Å². The Bertz CT molecular complexity index is 1100. The highest BCUT2D eigenvalue weighted by Gasteiger charge is 2.49. The molecule has 0 aliphatic carbocycles. The molecule has 1 aromatic carbocycles. The van der Waals surface area contributed by atoms with Gasteiger partial charge in [-0.3, -0.25) is 13.9 Å². The van der Waals surface area contributed by atoms with Crippen LogP contribution in [0.3, 0.4) is 0 Å². The summed E-state index contributed by atoms with van der Waals surface area (Å²) >= 11 is 0. The van der Waals surface area contributed by atoms with Crippen LogP contribution in [0.1, 0.15) is 20.1 Å². The number of hydrogen-bond donors (Lipinski definition) is 4. The van der Waals surface area contributed by atoms with Crippen LogP contribution in [-0.4, -0.2) is 63.3 Å². The summed E-state index contributed by atoms with van der Waals surface area (Å²) in [4.78, 5) is 27.6. The van der Waals surface area contributed by atoms with E-state index in [1.165, 1.54) is 45.4 Å². The van der Waals surface area contributed by atoms with Crippen molar-refractivity contribution in [2.75, 3.05) is 12.8 Å². The van der Waals surface area contributed by atoms with Crippen molar-refractivity contribution in [3.63, 3.8) is 0 Å². The molecule has 0 bridgehead atoms. The van der Waals surface area contributed by atoms with E-state index in [9.17, 15) is 24.4 Å². The minimum absolute atomic E-state index is 0.0210. The number of nitrogens with one attached hydrogen (secondary N) is 1. The van der Waals surface area contributed by atoms with Crippen LogP contribution in [0, 0.1) is 0 Å². The van der Waals surface area contributed by atoms with Gasteiger partial charge in [0.25, 0.3) is 0 Å². The molecule has 186 valence electrons. The van der Waals surface area contributed by atoms with Crippen LogP contribution in [0.15, 0.2) is 47.4 Å². The maximum atomic E-state index is 13.6. The summed E-state index contributed by atoms with van der Waals surface area (Å²) in [5.41, 5.74) is 4.69. The number of aromatic nitrogens is 2. The van der Waals surface area contributed by atoms with Crippen molar-refractivity contribution in [1.82, 2.24) is 14.6 Å². The van der Waals surface area contributed by atoms with Gasteiger partial charge in [0.2, 0.25) is 0 Å². The zero-order chi connectivity index (χ0) is 25.0. The predicted molar refractivity (Wildman–Crippen MR) is 119 cm³/mol. The maximum absolute atomic E-state index is 13.6. The van der Waals surface area contributed by atoms with E-state index in [0.717, 1.165) is 4.57 Å². The Kier molecular flexibility index (Phi) is 8.08. The lowest BCUT2D eigenvalue weighted by molar-refractivity contribution is -0.142. The van der Waals surface area contributed by atoms with Gasteiger partial charge in [0.1, 0.15) is 35.9 Å². The number of aliphatic hydroxyl groups is 2. The number of ether oxygens (including phenoxy) is 2. The van der Waals surface area contributed by atoms with E-state index in [2.05, 4.69) is 14.8 Å². The number of nitrogens with two attached hydrogens (primary N) is 1. The van der Waals surface area contributed by atoms with Gasteiger partial charge in [-0.15, -0.1) is 0 Å². The minimum Gasteiger partial charge on any atom is -0.468 e. The summed E-state index contributed by atoms with van der Waals surface area (Å²) in [5, 5.41) is 23.5. The van der Waals surface area contributed by atoms with Crippen molar-refractivity contribution in [3.05, 3.63) is 53.1 Å². The molecule has 1 unspecified atom stereocenters. The summed E-state index contributed by atoms with van der Waals surface area (Å²) in [7, 11) is -3.08. The number of anilines is 1. The molecule has 3 rings (SSSR count). The first kappa shape index (κ1) is 25.8. The molecule has 5 N–H and O–H groups in total. The Labute approximate surface area is 195 Å². The molecule has 1 aromatic heterocycles. The Balaban J connectivity index is 1.82. The fourth-order valence-corrected chi connectivity index (χ4v) is 5.06. The number of para-hydroxylation sites is 1. The number of nitrogen functional groups attached to an aromatic ring is 1. The first-order chi connectivity index (χ1) is 16.0. The third kappa shape index (κ3) is 5.81. The van der Waals surface area contributed by atoms with Crippen LogP contribution in [0.5, 0.6) is 5.75 Å². The second kappa shape index (κ2) is 10.6. The number of nitrogens with zero attached hydrogens (tertiary/aromatic N) is 2. The van der Waals surface area contributed by atoms with Gasteiger partial charge < -0.3 is 29.9 Å². The first-order valence-electron chi connectivity index (χ1n) is 10.3. The molecule has 14 heteroatoms. The van der Waals surface area contributed by atoms with E-state index in [0.29, 0.717) is 0 Å². The summed E-state index contributed by atoms with van der Waals surface area (Å²) in [6, 6.07) is 8.35. The molecular weight excluding hydrogens is 471 g/mol. The van der Waals surface area contributed by atoms with Crippen molar-refractivity contribution < 1.29 is 38.1 Å². The fraction of sp³-hybridized carbons (Fsp3) is 0.450. The standard InChI is InChI=1S/C20H27N4O9P/c1-11(19(27)30-3)23-34(29,33-13-7-5-4-6-8-13)32-12(2)17-15(25)16(26)18(31-17)24-10-9-14(21)22-20(24)28/h4-12,15-18,25-26H,1-3H3,(H,23,29)(H2,21,22,28)/t11-,12+,15-,16+,17+,18+,34?/m0/s1. The second-order valence-corrected chi connectivity index (χ2v) is 9.25. The van der Waals surface area contributed by atoms with Crippen LogP contribution < -0.4 is 21.0 Å². The number of carbonyl (C=O) groups is 1. The molecule has 0 amide bonds. The third-order valence-electron chi connectivity index (χ3n) is 5.04. The first-order valence-corrected chi connectivity index (χ1v) is 11.8. The van der Waals surface area contributed by atoms with Crippen LogP contribution in [0.25, 0.3) is 0 Å². The topological polar surface area (TPSA) is 184 Å². The van der Waals surface area contributed by atoms with E-state index in [-0.39, 0.29) is 11.6 Å². The summed E-state index contributed by atoms with van der Waals surface area (Å²) in [5.74, 6) is -0.545. The van der Waals surface area contributed by atoms with Crippen LogP contribution >= 0.6 is 7.75 Å². The molecule has 7 atom stereocenters. The average Bonchev–Trinajstić information content (AvgIpc) is 3.08. The van der Waals surface area contributed by atoms with Gasteiger partial charge in [0.05, 0.1) is 13.2 Å². The predicted octanol–water partition coefficient (Wildman–Crippen LogP) is 0.188. The normalized spacial score (nSPS) is 25.8. The average molecular weight is 498 g/mol. The van der Waals surface area contributed by atoms with Crippen molar-refractivity contribution >= 4 is 19.5 Å². The van der Waals surface area contributed by atoms with Gasteiger partial charge in [0.15, 0.2) is 6.23 Å². The zero-order valence-corrected chi connectivity index (χ0v) is 19.6. The Hall–Kier alpha value is -2.80. The molecule has 0 spiro atoms. The lowest BCUT2D eigenvalue weighted by atomic mass is 10.1. The van der Waals surface area contributed by atoms with E-state index in [1.807, 2.05) is 0 Å². The number of aliphatic hydroxyl groups excluding tert-OH is 2. The lowest BCUT2D eigenvalue weighted by Crippen LogP contribution is -2.41. The molecule has 1 aliphatic heterocycles. The fourth-order valence-electron chi connectivity index (χ4n) is 3.37. The number of esters is 1. The van der Waals surface area contributed by atoms with Crippen LogP contribution in [0.4, 0.5) is 5.82 Å². The van der Waals surface area contributed by atoms with Crippen molar-refractivity contribution in [2.45, 2.75) is 50.5 Å². The molecule has 13 nitrogen and oxygen atoms in total. The monoisotopic (exact) mass is 498 g/mol. The second-order valence-electron chi connectivity index (χ2n) is 7.60. The van der Waals surface area contributed by atoms with Gasteiger partial charge in [-0.05, 0) is 32.0 Å². The number of carbonyl (C=O) groups excluding carboxylic acids is 1. The minimum atomic E-state index is -4.25. The molecule has 1 aliphatic rings. The Morgan fingerprint density at radius 3 is 2.53 bits per heavy atom. The van der Waals surface area contributed by atoms with Gasteiger partial charge in [-0.1, -0.05) is 18.2 Å². The van der Waals surface area contributed by atoms with Crippen molar-refractivity contribution in [2.24, 2.45) is 0 Å². The molecule has 1 saturated heterocycles. The smallest absolute Gasteiger partial charge is 0.459 e. The molecule has 2 aromatic rings. The van der Waals surface area contributed by atoms with Gasteiger partial charge >= 0.3 is 19.4 Å². The quantitative estimate of drug-likeness (QED) is 0.272. The van der Waals surface area contributed by atoms with E-state index in [4.69, 9.17) is 19.5 Å². The molecule has 0 saturated carbocycles. The molecular formula is C20H27N4O9P. The number of methoxy groups -OCH3 is 1. The van der Waals surface area contributed by atoms with E-state index < -0.39 is 56.1 Å². The van der Waals surface area contributed by atoms with Crippen molar-refractivity contribution in [3.8, 4) is 5.75 Å². The van der Waals surface area contributed by atoms with Gasteiger partial charge in [-0.2, -0.15) is 10.1 Å². The molecule has 34 heavy (non-hydrogen) atoms. The SMILES string of the molecule is COC(=O)[C@H](C)NP(=O)(Oc1ccccc1)O[C@H](C)[C@H]1O[C@@H](n2ccc(N)nc2=O)[C@H](O)[C@@H]1O. The van der Waals surface area contributed by atoms with Crippen molar-refractivity contribution in [1.29, 1.82) is 0 Å². The van der Waals surface area contributed by atoms with Crippen LogP contribution in [0.2, 0.25) is 0 Å². The number of rotatable bonds is 9. The Morgan fingerprint density at radius 2 is 1.91 bits per heavy atom. The zero-order valence-electron chi connectivity index (χ0n) is 18.7. The molecule has 2 heterocycles. The molecule has 1 fully saturated rings. The number of hydrogen-bond acceptors (Lipinski definition) is 11. The maximum Gasteiger partial charge on any atom is 0.459 e. The molecule has 0 radical (unpaired) electrons. The highest BCUT2D eigenvalue weighted by Crippen LogP contribution is 2.47.